The van der Waals surface area contributed by atoms with E-state index in [1.807, 2.05) is 6.92 Å². The van der Waals surface area contributed by atoms with Gasteiger partial charge in [-0.05, 0) is 19.8 Å². The Balaban J connectivity index is 2.58. The van der Waals surface area contributed by atoms with Gasteiger partial charge in [0.15, 0.2) is 0 Å². The van der Waals surface area contributed by atoms with Gasteiger partial charge in [-0.15, -0.1) is 0 Å². The highest BCUT2D eigenvalue weighted by atomic mass is 16.4. The van der Waals surface area contributed by atoms with Crippen LogP contribution in [0.15, 0.2) is 0 Å². The van der Waals surface area contributed by atoms with Crippen molar-refractivity contribution in [3.05, 3.63) is 0 Å². The number of hydrogen-bond donors (Lipinski definition) is 3. The van der Waals surface area contributed by atoms with Gasteiger partial charge >= 0.3 is 5.97 Å². The fourth-order valence-corrected chi connectivity index (χ4v) is 2.31. The van der Waals surface area contributed by atoms with Crippen molar-refractivity contribution in [2.24, 2.45) is 0 Å². The Kier molecular flexibility index (Phi) is 5.41. The molecule has 1 amide bonds. The van der Waals surface area contributed by atoms with E-state index in [1.165, 1.54) is 0 Å². The van der Waals surface area contributed by atoms with Crippen LogP contribution in [0.25, 0.3) is 0 Å². The molecule has 3 N–H and O–H groups in total. The van der Waals surface area contributed by atoms with Crippen LogP contribution >= 0.6 is 0 Å². The quantitative estimate of drug-likeness (QED) is 0.626. The molecule has 0 aromatic rings. The van der Waals surface area contributed by atoms with Gasteiger partial charge in [-0.25, -0.2) is 0 Å². The van der Waals surface area contributed by atoms with Crippen molar-refractivity contribution in [3.63, 3.8) is 0 Å². The van der Waals surface area contributed by atoms with E-state index in [0.717, 1.165) is 25.7 Å². The van der Waals surface area contributed by atoms with Crippen LogP contribution < -0.4 is 10.6 Å². The van der Waals surface area contributed by atoms with E-state index < -0.39 is 11.5 Å². The van der Waals surface area contributed by atoms with Gasteiger partial charge in [-0.1, -0.05) is 25.7 Å². The molecule has 5 heteroatoms. The second-order valence-electron chi connectivity index (χ2n) is 4.61. The molecular formula is C12H22N2O3. The number of carbonyl (C=O) groups excluding carboxylic acids is 1. The number of nitrogens with one attached hydrogen (secondary N) is 2. The lowest BCUT2D eigenvalue weighted by Crippen LogP contribution is -2.54. The highest BCUT2D eigenvalue weighted by Gasteiger charge is 2.38. The van der Waals surface area contributed by atoms with Gasteiger partial charge in [0, 0.05) is 6.54 Å². The van der Waals surface area contributed by atoms with Crippen LogP contribution in [-0.2, 0) is 9.59 Å². The Morgan fingerprint density at radius 1 is 1.18 bits per heavy atom. The largest absolute Gasteiger partial charge is 0.480 e. The average molecular weight is 242 g/mol. The van der Waals surface area contributed by atoms with Crippen LogP contribution in [0, 0.1) is 0 Å². The molecule has 0 atom stereocenters. The fourth-order valence-electron chi connectivity index (χ4n) is 2.31. The monoisotopic (exact) mass is 242 g/mol. The molecule has 1 saturated carbocycles. The smallest absolute Gasteiger partial charge is 0.323 e. The van der Waals surface area contributed by atoms with Crippen LogP contribution in [0.5, 0.6) is 0 Å². The first-order valence-electron chi connectivity index (χ1n) is 6.36. The van der Waals surface area contributed by atoms with E-state index in [9.17, 15) is 14.7 Å². The van der Waals surface area contributed by atoms with Crippen molar-refractivity contribution in [2.45, 2.75) is 51.0 Å². The molecule has 0 aromatic carbocycles. The zero-order valence-electron chi connectivity index (χ0n) is 10.4. The minimum absolute atomic E-state index is 0.0835. The first-order chi connectivity index (χ1) is 8.10. The molecule has 0 aliphatic heterocycles. The van der Waals surface area contributed by atoms with Gasteiger partial charge in [0.1, 0.15) is 5.54 Å². The van der Waals surface area contributed by atoms with Crippen molar-refractivity contribution in [1.29, 1.82) is 0 Å². The number of carboxylic acid groups (broad SMARTS) is 1. The minimum Gasteiger partial charge on any atom is -0.480 e. The Hall–Kier alpha value is -1.10. The maximum absolute atomic E-state index is 11.4. The molecule has 0 aromatic heterocycles. The van der Waals surface area contributed by atoms with E-state index in [2.05, 4.69) is 10.6 Å². The molecule has 5 nitrogen and oxygen atoms in total. The summed E-state index contributed by atoms with van der Waals surface area (Å²) in [6, 6.07) is 0. The summed E-state index contributed by atoms with van der Waals surface area (Å²) in [5, 5.41) is 15.0. The van der Waals surface area contributed by atoms with Gasteiger partial charge in [0.2, 0.25) is 5.91 Å². The van der Waals surface area contributed by atoms with E-state index in [4.69, 9.17) is 0 Å². The number of carbonyl (C=O) groups is 2. The number of amides is 1. The number of hydrogen-bond acceptors (Lipinski definition) is 3. The molecule has 0 radical (unpaired) electrons. The summed E-state index contributed by atoms with van der Waals surface area (Å²) in [5.74, 6) is -0.971. The molecule has 0 unspecified atom stereocenters. The van der Waals surface area contributed by atoms with E-state index in [1.54, 1.807) is 0 Å². The molecule has 0 bridgehead atoms. The van der Waals surface area contributed by atoms with Crippen molar-refractivity contribution < 1.29 is 14.7 Å². The lowest BCUT2D eigenvalue weighted by molar-refractivity contribution is -0.145. The molecule has 17 heavy (non-hydrogen) atoms. The van der Waals surface area contributed by atoms with Crippen LogP contribution in [0.3, 0.4) is 0 Å². The molecule has 1 aliphatic rings. The van der Waals surface area contributed by atoms with Gasteiger partial charge in [-0.2, -0.15) is 0 Å². The third-order valence-corrected chi connectivity index (χ3v) is 3.33. The Morgan fingerprint density at radius 2 is 1.76 bits per heavy atom. The van der Waals surface area contributed by atoms with Gasteiger partial charge in [-0.3, -0.25) is 14.9 Å². The molecule has 1 rings (SSSR count). The standard InChI is InChI=1S/C12H22N2O3/c1-2-13-10(15)9-14-12(11(16)17)7-5-3-4-6-8-12/h14H,2-9H2,1H3,(H,13,15)(H,16,17). The predicted molar refractivity (Wildman–Crippen MR) is 64.8 cm³/mol. The summed E-state index contributed by atoms with van der Waals surface area (Å²) in [6.45, 7) is 2.50. The molecule has 0 spiro atoms. The highest BCUT2D eigenvalue weighted by molar-refractivity contribution is 5.82. The highest BCUT2D eigenvalue weighted by Crippen LogP contribution is 2.27. The lowest BCUT2D eigenvalue weighted by Gasteiger charge is -2.29. The van der Waals surface area contributed by atoms with Crippen molar-refractivity contribution in [3.8, 4) is 0 Å². The van der Waals surface area contributed by atoms with Gasteiger partial charge in [0.25, 0.3) is 0 Å². The summed E-state index contributed by atoms with van der Waals surface area (Å²) in [5.41, 5.74) is -0.901. The van der Waals surface area contributed by atoms with Crippen molar-refractivity contribution in [1.82, 2.24) is 10.6 Å². The number of carboxylic acids is 1. The molecular weight excluding hydrogens is 220 g/mol. The molecule has 0 heterocycles. The summed E-state index contributed by atoms with van der Waals surface area (Å²) in [4.78, 5) is 22.8. The Morgan fingerprint density at radius 3 is 2.24 bits per heavy atom. The molecule has 98 valence electrons. The van der Waals surface area contributed by atoms with Crippen LogP contribution in [-0.4, -0.2) is 35.6 Å². The average Bonchev–Trinajstić information content (AvgIpc) is 2.53. The third kappa shape index (κ3) is 4.00. The minimum atomic E-state index is -0.901. The fraction of sp³-hybridized carbons (Fsp3) is 0.833. The van der Waals surface area contributed by atoms with Gasteiger partial charge in [0.05, 0.1) is 6.54 Å². The van der Waals surface area contributed by atoms with Crippen LogP contribution in [0.1, 0.15) is 45.4 Å². The second kappa shape index (κ2) is 6.59. The SMILES string of the molecule is CCNC(=O)CNC1(C(=O)O)CCCCCC1. The number of likely N-dealkylation sites (N-methyl/N-ethyl adjacent to an activating group) is 1. The van der Waals surface area contributed by atoms with Crippen LogP contribution in [0.4, 0.5) is 0 Å². The van der Waals surface area contributed by atoms with E-state index in [-0.39, 0.29) is 12.5 Å². The topological polar surface area (TPSA) is 78.4 Å². The van der Waals surface area contributed by atoms with Crippen LogP contribution in [0.2, 0.25) is 0 Å². The normalized spacial score (nSPS) is 19.4. The zero-order chi connectivity index (χ0) is 12.7. The Bertz CT molecular complexity index is 271. The zero-order valence-corrected chi connectivity index (χ0v) is 10.4. The van der Waals surface area contributed by atoms with Crippen molar-refractivity contribution >= 4 is 11.9 Å². The molecule has 1 fully saturated rings. The first-order valence-corrected chi connectivity index (χ1v) is 6.36. The van der Waals surface area contributed by atoms with Crippen molar-refractivity contribution in [2.75, 3.05) is 13.1 Å². The maximum Gasteiger partial charge on any atom is 0.323 e. The van der Waals surface area contributed by atoms with E-state index in [0.29, 0.717) is 19.4 Å². The molecule has 1 aliphatic carbocycles. The van der Waals surface area contributed by atoms with E-state index >= 15 is 0 Å². The molecule has 0 saturated heterocycles. The van der Waals surface area contributed by atoms with Gasteiger partial charge < -0.3 is 10.4 Å². The Labute approximate surface area is 102 Å². The first kappa shape index (κ1) is 14.0. The summed E-state index contributed by atoms with van der Waals surface area (Å²) in [6.07, 6.45) is 5.21. The summed E-state index contributed by atoms with van der Waals surface area (Å²) in [7, 11) is 0. The summed E-state index contributed by atoms with van der Waals surface area (Å²) < 4.78 is 0. The lowest BCUT2D eigenvalue weighted by atomic mass is 9.90. The number of aliphatic carboxylic acids is 1. The predicted octanol–water partition coefficient (Wildman–Crippen LogP) is 0.890. The summed E-state index contributed by atoms with van der Waals surface area (Å²) >= 11 is 0. The maximum atomic E-state index is 11.4. The number of rotatable bonds is 5. The third-order valence-electron chi connectivity index (χ3n) is 3.33. The second-order valence-corrected chi connectivity index (χ2v) is 4.61.